The fourth-order valence-electron chi connectivity index (χ4n) is 3.74. The van der Waals surface area contributed by atoms with Gasteiger partial charge >= 0.3 is 0 Å². The fraction of sp³-hybridized carbons (Fsp3) is 0.700. The molecule has 130 valence electrons. The molecule has 0 saturated heterocycles. The molecule has 2 atom stereocenters. The Hall–Kier alpha value is -0.900. The van der Waals surface area contributed by atoms with E-state index in [1.807, 2.05) is 0 Å². The van der Waals surface area contributed by atoms with Gasteiger partial charge in [0, 0.05) is 19.3 Å². The summed E-state index contributed by atoms with van der Waals surface area (Å²) >= 11 is 0. The van der Waals surface area contributed by atoms with Crippen LogP contribution in [0, 0.1) is 5.92 Å². The number of unbranched alkanes of at least 4 members (excludes halogenated alkanes) is 3. The van der Waals surface area contributed by atoms with Crippen LogP contribution in [-0.4, -0.2) is 31.0 Å². The van der Waals surface area contributed by atoms with E-state index in [1.54, 1.807) is 7.11 Å². The van der Waals surface area contributed by atoms with Crippen LogP contribution in [0.4, 0.5) is 0 Å². The molecule has 1 aromatic carbocycles. The van der Waals surface area contributed by atoms with E-state index >= 15 is 0 Å². The average molecular weight is 319 g/mol. The summed E-state index contributed by atoms with van der Waals surface area (Å²) in [6.07, 6.45) is 10.3. The zero-order valence-electron chi connectivity index (χ0n) is 14.6. The third-order valence-corrected chi connectivity index (χ3v) is 5.37. The average Bonchev–Trinajstić information content (AvgIpc) is 2.94. The Balaban J connectivity index is 1.74. The van der Waals surface area contributed by atoms with Crippen molar-refractivity contribution in [2.24, 2.45) is 11.7 Å². The maximum Gasteiger partial charge on any atom is 0.0614 e. The summed E-state index contributed by atoms with van der Waals surface area (Å²) in [6, 6.07) is 9.01. The predicted molar refractivity (Wildman–Crippen MR) is 95.5 cm³/mol. The monoisotopic (exact) mass is 319 g/mol. The molecule has 0 aromatic heterocycles. The van der Waals surface area contributed by atoms with E-state index < -0.39 is 0 Å². The van der Waals surface area contributed by atoms with Gasteiger partial charge in [-0.15, -0.1) is 0 Å². The topological polar surface area (TPSA) is 55.5 Å². The molecule has 0 spiro atoms. The number of benzene rings is 1. The number of hydrogen-bond acceptors (Lipinski definition) is 3. The van der Waals surface area contributed by atoms with Crippen LogP contribution in [0.1, 0.15) is 56.1 Å². The van der Waals surface area contributed by atoms with Gasteiger partial charge in [0.25, 0.3) is 0 Å². The first kappa shape index (κ1) is 18.4. The van der Waals surface area contributed by atoms with Gasteiger partial charge in [0.2, 0.25) is 0 Å². The summed E-state index contributed by atoms with van der Waals surface area (Å²) in [7, 11) is 1.77. The van der Waals surface area contributed by atoms with Crippen LogP contribution in [0.2, 0.25) is 0 Å². The molecule has 1 aliphatic rings. The van der Waals surface area contributed by atoms with E-state index in [9.17, 15) is 5.11 Å². The molecule has 3 N–H and O–H groups in total. The van der Waals surface area contributed by atoms with E-state index in [0.29, 0.717) is 5.92 Å². The van der Waals surface area contributed by atoms with Crippen LogP contribution in [0.5, 0.6) is 0 Å². The SMILES string of the molecule is COCCCCCCc1ccc(C[C@@H]2CCC[C@@]2(N)CO)cc1. The smallest absolute Gasteiger partial charge is 0.0614 e. The Kier molecular flexibility index (Phi) is 7.54. The molecule has 0 heterocycles. The first-order valence-corrected chi connectivity index (χ1v) is 9.14. The highest BCUT2D eigenvalue weighted by atomic mass is 16.5. The summed E-state index contributed by atoms with van der Waals surface area (Å²) < 4.78 is 5.07. The third-order valence-electron chi connectivity index (χ3n) is 5.37. The molecule has 1 aromatic rings. The van der Waals surface area contributed by atoms with Gasteiger partial charge in [0.15, 0.2) is 0 Å². The highest BCUT2D eigenvalue weighted by Gasteiger charge is 2.38. The number of aryl methyl sites for hydroxylation is 1. The van der Waals surface area contributed by atoms with Crippen LogP contribution in [0.15, 0.2) is 24.3 Å². The predicted octanol–water partition coefficient (Wildman–Crippen LogP) is 3.47. The van der Waals surface area contributed by atoms with Crippen molar-refractivity contribution in [3.8, 4) is 0 Å². The number of aliphatic hydroxyl groups excluding tert-OH is 1. The molecule has 2 rings (SSSR count). The van der Waals surface area contributed by atoms with E-state index in [1.165, 1.54) is 36.8 Å². The lowest BCUT2D eigenvalue weighted by Gasteiger charge is -2.29. The summed E-state index contributed by atoms with van der Waals surface area (Å²) in [6.45, 7) is 0.991. The van der Waals surface area contributed by atoms with E-state index in [4.69, 9.17) is 10.5 Å². The number of ether oxygens (including phenoxy) is 1. The molecule has 0 unspecified atom stereocenters. The van der Waals surface area contributed by atoms with Gasteiger partial charge in [-0.3, -0.25) is 0 Å². The molecular weight excluding hydrogens is 286 g/mol. The minimum Gasteiger partial charge on any atom is -0.394 e. The molecule has 0 amide bonds. The lowest BCUT2D eigenvalue weighted by molar-refractivity contribution is 0.160. The van der Waals surface area contributed by atoms with E-state index in [2.05, 4.69) is 24.3 Å². The van der Waals surface area contributed by atoms with Gasteiger partial charge in [-0.1, -0.05) is 43.5 Å². The highest BCUT2D eigenvalue weighted by molar-refractivity contribution is 5.24. The lowest BCUT2D eigenvalue weighted by atomic mass is 9.84. The molecule has 3 nitrogen and oxygen atoms in total. The number of hydrogen-bond donors (Lipinski definition) is 2. The van der Waals surface area contributed by atoms with E-state index in [-0.39, 0.29) is 12.1 Å². The molecule has 0 radical (unpaired) electrons. The minimum atomic E-state index is -0.360. The largest absolute Gasteiger partial charge is 0.394 e. The van der Waals surface area contributed by atoms with Crippen molar-refractivity contribution < 1.29 is 9.84 Å². The third kappa shape index (κ3) is 5.59. The Labute approximate surface area is 141 Å². The quantitative estimate of drug-likeness (QED) is 0.649. The fourth-order valence-corrected chi connectivity index (χ4v) is 3.74. The maximum absolute atomic E-state index is 9.56. The van der Waals surface area contributed by atoms with Gasteiger partial charge in [0.05, 0.1) is 6.61 Å². The Morgan fingerprint density at radius 2 is 1.83 bits per heavy atom. The second-order valence-electron chi connectivity index (χ2n) is 7.16. The van der Waals surface area contributed by atoms with Crippen LogP contribution in [0.25, 0.3) is 0 Å². The van der Waals surface area contributed by atoms with Crippen molar-refractivity contribution in [3.05, 3.63) is 35.4 Å². The van der Waals surface area contributed by atoms with Crippen LogP contribution in [-0.2, 0) is 17.6 Å². The number of nitrogens with two attached hydrogens (primary N) is 1. The van der Waals surface area contributed by atoms with Crippen molar-refractivity contribution in [2.75, 3.05) is 20.3 Å². The second-order valence-corrected chi connectivity index (χ2v) is 7.16. The molecular formula is C20H33NO2. The van der Waals surface area contributed by atoms with Crippen molar-refractivity contribution in [1.29, 1.82) is 0 Å². The van der Waals surface area contributed by atoms with Crippen molar-refractivity contribution >= 4 is 0 Å². The molecule has 1 fully saturated rings. The van der Waals surface area contributed by atoms with Gasteiger partial charge in [-0.2, -0.15) is 0 Å². The molecule has 1 aliphatic carbocycles. The van der Waals surface area contributed by atoms with Gasteiger partial charge < -0.3 is 15.6 Å². The Bertz CT molecular complexity index is 445. The normalized spacial score (nSPS) is 24.2. The summed E-state index contributed by atoms with van der Waals surface area (Å²) in [4.78, 5) is 0. The van der Waals surface area contributed by atoms with Crippen molar-refractivity contribution in [1.82, 2.24) is 0 Å². The molecule has 1 saturated carbocycles. The Morgan fingerprint density at radius 3 is 2.52 bits per heavy atom. The number of rotatable bonds is 10. The first-order valence-electron chi connectivity index (χ1n) is 9.14. The van der Waals surface area contributed by atoms with Crippen LogP contribution in [0.3, 0.4) is 0 Å². The van der Waals surface area contributed by atoms with Crippen LogP contribution >= 0.6 is 0 Å². The molecule has 23 heavy (non-hydrogen) atoms. The highest BCUT2D eigenvalue weighted by Crippen LogP contribution is 2.35. The van der Waals surface area contributed by atoms with Gasteiger partial charge in [-0.05, 0) is 55.6 Å². The van der Waals surface area contributed by atoms with Crippen LogP contribution < -0.4 is 5.73 Å². The van der Waals surface area contributed by atoms with Crippen molar-refractivity contribution in [2.45, 2.75) is 63.3 Å². The van der Waals surface area contributed by atoms with Crippen molar-refractivity contribution in [3.63, 3.8) is 0 Å². The summed E-state index contributed by atoms with van der Waals surface area (Å²) in [5.41, 5.74) is 8.75. The van der Waals surface area contributed by atoms with Gasteiger partial charge in [-0.25, -0.2) is 0 Å². The number of methoxy groups -OCH3 is 1. The standard InChI is InChI=1S/C20H33NO2/c1-23-14-5-3-2-4-7-17-9-11-18(12-10-17)15-19-8-6-13-20(19,21)16-22/h9-12,19,22H,2-8,13-16,21H2,1H3/t19-,20+/m0/s1. The second kappa shape index (κ2) is 9.41. The zero-order valence-corrected chi connectivity index (χ0v) is 14.6. The van der Waals surface area contributed by atoms with Gasteiger partial charge in [0.1, 0.15) is 0 Å². The maximum atomic E-state index is 9.56. The summed E-state index contributed by atoms with van der Waals surface area (Å²) in [5, 5.41) is 9.56. The molecule has 3 heteroatoms. The zero-order chi connectivity index (χ0) is 16.5. The Morgan fingerprint density at radius 1 is 1.13 bits per heavy atom. The molecule has 0 aliphatic heterocycles. The first-order chi connectivity index (χ1) is 11.2. The summed E-state index contributed by atoms with van der Waals surface area (Å²) in [5.74, 6) is 0.416. The molecule has 0 bridgehead atoms. The lowest BCUT2D eigenvalue weighted by Crippen LogP contribution is -2.47. The van der Waals surface area contributed by atoms with E-state index in [0.717, 1.165) is 38.7 Å². The minimum absolute atomic E-state index is 0.110. The number of aliphatic hydroxyl groups is 1.